The van der Waals surface area contributed by atoms with Crippen molar-refractivity contribution in [3.63, 3.8) is 0 Å². The highest BCUT2D eigenvalue weighted by atomic mass is 35.5. The largest absolute Gasteiger partial charge is 0.348 e. The zero-order chi connectivity index (χ0) is 16.0. The Balaban J connectivity index is 0.00000441. The predicted octanol–water partition coefficient (Wildman–Crippen LogP) is 2.04. The molecule has 0 aliphatic rings. The van der Waals surface area contributed by atoms with E-state index < -0.39 is 6.04 Å². The smallest absolute Gasteiger partial charge is 0.239 e. The molecular formula is C15H23Cl2N3O2. The van der Waals surface area contributed by atoms with Crippen LogP contribution in [0.1, 0.15) is 32.4 Å². The molecule has 0 aliphatic heterocycles. The number of carbonyl (C=O) groups is 2. The number of rotatable bonds is 6. The Morgan fingerprint density at radius 1 is 1.27 bits per heavy atom. The summed E-state index contributed by atoms with van der Waals surface area (Å²) < 4.78 is 0. The molecule has 0 aliphatic carbocycles. The van der Waals surface area contributed by atoms with Crippen LogP contribution >= 0.6 is 24.0 Å². The highest BCUT2D eigenvalue weighted by Crippen LogP contribution is 2.17. The fraction of sp³-hybridized carbons (Fsp3) is 0.467. The van der Waals surface area contributed by atoms with Crippen molar-refractivity contribution < 1.29 is 9.59 Å². The van der Waals surface area contributed by atoms with Crippen LogP contribution in [0.4, 0.5) is 0 Å². The summed E-state index contributed by atoms with van der Waals surface area (Å²) in [6.07, 6.45) is 0. The zero-order valence-electron chi connectivity index (χ0n) is 12.9. The van der Waals surface area contributed by atoms with Gasteiger partial charge in [0.1, 0.15) is 0 Å². The Morgan fingerprint density at radius 3 is 2.45 bits per heavy atom. The number of hydrogen-bond acceptors (Lipinski definition) is 3. The lowest BCUT2D eigenvalue weighted by Crippen LogP contribution is -2.47. The molecule has 0 radical (unpaired) electrons. The van der Waals surface area contributed by atoms with Crippen molar-refractivity contribution in [2.75, 3.05) is 6.54 Å². The molecule has 1 unspecified atom stereocenters. The Hall–Kier alpha value is -1.30. The summed E-state index contributed by atoms with van der Waals surface area (Å²) in [5, 5.41) is 5.94. The molecule has 0 bridgehead atoms. The van der Waals surface area contributed by atoms with E-state index in [-0.39, 0.29) is 42.7 Å². The summed E-state index contributed by atoms with van der Waals surface area (Å²) in [6, 6.07) is 6.47. The van der Waals surface area contributed by atoms with Crippen LogP contribution in [-0.4, -0.2) is 24.4 Å². The lowest BCUT2D eigenvalue weighted by molar-refractivity contribution is -0.127. The second-order valence-corrected chi connectivity index (χ2v) is 5.77. The Morgan fingerprint density at radius 2 is 1.91 bits per heavy atom. The molecule has 1 aromatic rings. The highest BCUT2D eigenvalue weighted by molar-refractivity contribution is 6.30. The maximum atomic E-state index is 11.8. The van der Waals surface area contributed by atoms with Crippen molar-refractivity contribution in [1.82, 2.24) is 10.6 Å². The Labute approximate surface area is 142 Å². The maximum absolute atomic E-state index is 11.8. The van der Waals surface area contributed by atoms with Crippen molar-refractivity contribution >= 4 is 35.8 Å². The van der Waals surface area contributed by atoms with E-state index >= 15 is 0 Å². The van der Waals surface area contributed by atoms with Gasteiger partial charge >= 0.3 is 0 Å². The predicted molar refractivity (Wildman–Crippen MR) is 91.1 cm³/mol. The number of carbonyl (C=O) groups excluding carboxylic acids is 2. The van der Waals surface area contributed by atoms with Gasteiger partial charge in [0.15, 0.2) is 0 Å². The van der Waals surface area contributed by atoms with E-state index in [1.165, 1.54) is 0 Å². The molecule has 1 aromatic carbocycles. The molecule has 4 N–H and O–H groups in total. The van der Waals surface area contributed by atoms with Gasteiger partial charge in [0, 0.05) is 5.02 Å². The van der Waals surface area contributed by atoms with Crippen LogP contribution in [0.5, 0.6) is 0 Å². The number of nitrogens with two attached hydrogens (primary N) is 1. The van der Waals surface area contributed by atoms with Crippen LogP contribution in [0, 0.1) is 5.92 Å². The Bertz CT molecular complexity index is 509. The van der Waals surface area contributed by atoms with Crippen molar-refractivity contribution in [3.05, 3.63) is 34.9 Å². The van der Waals surface area contributed by atoms with Gasteiger partial charge in [-0.2, -0.15) is 0 Å². The summed E-state index contributed by atoms with van der Waals surface area (Å²) in [5.41, 5.74) is 6.60. The summed E-state index contributed by atoms with van der Waals surface area (Å²) >= 11 is 5.91. The van der Waals surface area contributed by atoms with E-state index in [2.05, 4.69) is 10.6 Å². The van der Waals surface area contributed by atoms with Gasteiger partial charge in [-0.1, -0.05) is 37.6 Å². The molecule has 0 saturated heterocycles. The standard InChI is InChI=1S/C15H22ClN3O2.ClH/c1-9(2)14(17)15(21)18-8-13(20)19-10(3)11-5-4-6-12(16)7-11;/h4-7,9-10,14H,8,17H2,1-3H3,(H,18,21)(H,19,20);1H/t10?,14-;/m0./s1. The molecule has 0 heterocycles. The lowest BCUT2D eigenvalue weighted by Gasteiger charge is -2.17. The fourth-order valence-corrected chi connectivity index (χ4v) is 1.94. The average molecular weight is 348 g/mol. The number of benzene rings is 1. The zero-order valence-corrected chi connectivity index (χ0v) is 14.5. The van der Waals surface area contributed by atoms with E-state index in [0.717, 1.165) is 5.56 Å². The first-order chi connectivity index (χ1) is 9.81. The third-order valence-electron chi connectivity index (χ3n) is 3.17. The first-order valence-electron chi connectivity index (χ1n) is 6.89. The average Bonchev–Trinajstić information content (AvgIpc) is 2.43. The van der Waals surface area contributed by atoms with Crippen LogP contribution in [0.3, 0.4) is 0 Å². The van der Waals surface area contributed by atoms with Crippen LogP contribution in [0.25, 0.3) is 0 Å². The summed E-state index contributed by atoms with van der Waals surface area (Å²) in [5.74, 6) is -0.569. The minimum Gasteiger partial charge on any atom is -0.348 e. The molecule has 124 valence electrons. The van der Waals surface area contributed by atoms with Gasteiger partial charge in [0.2, 0.25) is 11.8 Å². The molecule has 22 heavy (non-hydrogen) atoms. The van der Waals surface area contributed by atoms with Gasteiger partial charge in [0.25, 0.3) is 0 Å². The van der Waals surface area contributed by atoms with Crippen molar-refractivity contribution in [2.24, 2.45) is 11.7 Å². The van der Waals surface area contributed by atoms with Gasteiger partial charge in [-0.15, -0.1) is 12.4 Å². The fourth-order valence-electron chi connectivity index (χ4n) is 1.74. The third-order valence-corrected chi connectivity index (χ3v) is 3.41. The third kappa shape index (κ3) is 6.64. The molecular weight excluding hydrogens is 325 g/mol. The highest BCUT2D eigenvalue weighted by Gasteiger charge is 2.18. The van der Waals surface area contributed by atoms with Crippen molar-refractivity contribution in [1.29, 1.82) is 0 Å². The summed E-state index contributed by atoms with van der Waals surface area (Å²) in [7, 11) is 0. The minimum absolute atomic E-state index is 0. The molecule has 2 amide bonds. The van der Waals surface area contributed by atoms with E-state index in [1.54, 1.807) is 12.1 Å². The molecule has 5 nitrogen and oxygen atoms in total. The molecule has 0 saturated carbocycles. The molecule has 0 aromatic heterocycles. The molecule has 0 spiro atoms. The molecule has 1 rings (SSSR count). The van der Waals surface area contributed by atoms with Gasteiger partial charge in [0.05, 0.1) is 18.6 Å². The van der Waals surface area contributed by atoms with E-state index in [4.69, 9.17) is 17.3 Å². The SMILES string of the molecule is CC(NC(=O)CNC(=O)[C@@H](N)C(C)C)c1cccc(Cl)c1.Cl. The van der Waals surface area contributed by atoms with Crippen molar-refractivity contribution in [2.45, 2.75) is 32.9 Å². The van der Waals surface area contributed by atoms with E-state index in [9.17, 15) is 9.59 Å². The van der Waals surface area contributed by atoms with Crippen LogP contribution in [0.2, 0.25) is 5.02 Å². The molecule has 7 heteroatoms. The summed E-state index contributed by atoms with van der Waals surface area (Å²) in [6.45, 7) is 5.46. The van der Waals surface area contributed by atoms with Gasteiger partial charge in [-0.25, -0.2) is 0 Å². The second kappa shape index (κ2) is 9.66. The first kappa shape index (κ1) is 20.7. The topological polar surface area (TPSA) is 84.2 Å². The molecule has 0 fully saturated rings. The number of halogens is 2. The van der Waals surface area contributed by atoms with E-state index in [0.29, 0.717) is 5.02 Å². The van der Waals surface area contributed by atoms with Crippen LogP contribution < -0.4 is 16.4 Å². The maximum Gasteiger partial charge on any atom is 0.239 e. The van der Waals surface area contributed by atoms with Crippen LogP contribution in [0.15, 0.2) is 24.3 Å². The lowest BCUT2D eigenvalue weighted by atomic mass is 10.1. The van der Waals surface area contributed by atoms with E-state index in [1.807, 2.05) is 32.9 Å². The number of nitrogens with one attached hydrogen (secondary N) is 2. The van der Waals surface area contributed by atoms with Crippen LogP contribution in [-0.2, 0) is 9.59 Å². The summed E-state index contributed by atoms with van der Waals surface area (Å²) in [4.78, 5) is 23.5. The van der Waals surface area contributed by atoms with Crippen molar-refractivity contribution in [3.8, 4) is 0 Å². The van der Waals surface area contributed by atoms with Gasteiger partial charge < -0.3 is 16.4 Å². The quantitative estimate of drug-likeness (QED) is 0.736. The number of hydrogen-bond donors (Lipinski definition) is 3. The molecule has 2 atom stereocenters. The second-order valence-electron chi connectivity index (χ2n) is 5.33. The first-order valence-corrected chi connectivity index (χ1v) is 7.27. The van der Waals surface area contributed by atoms with Gasteiger partial charge in [-0.3, -0.25) is 9.59 Å². The number of amides is 2. The minimum atomic E-state index is -0.608. The Kier molecular flexibility index (Phi) is 9.09. The van der Waals surface area contributed by atoms with Gasteiger partial charge in [-0.05, 0) is 30.5 Å². The monoisotopic (exact) mass is 347 g/mol. The normalized spacial score (nSPS) is 13.0.